The Hall–Kier alpha value is -2.60. The maximum absolute atomic E-state index is 13.9. The van der Waals surface area contributed by atoms with E-state index in [9.17, 15) is 4.39 Å². The van der Waals surface area contributed by atoms with Gasteiger partial charge in [-0.15, -0.1) is 10.5 Å². The third kappa shape index (κ3) is 2.93. The van der Waals surface area contributed by atoms with Gasteiger partial charge in [-0.1, -0.05) is 23.5 Å². The number of rotatable bonds is 3. The molecule has 0 radical (unpaired) electrons. The van der Waals surface area contributed by atoms with Gasteiger partial charge in [-0.3, -0.25) is 9.97 Å². The Kier molecular flexibility index (Phi) is 4.63. The Morgan fingerprint density at radius 2 is 2.04 bits per heavy atom. The van der Waals surface area contributed by atoms with Crippen molar-refractivity contribution >= 4 is 16.9 Å². The van der Waals surface area contributed by atoms with Crippen molar-refractivity contribution in [1.82, 2.24) is 29.5 Å². The molecule has 0 bridgehead atoms. The van der Waals surface area contributed by atoms with Crippen LogP contribution in [-0.4, -0.2) is 29.5 Å². The summed E-state index contributed by atoms with van der Waals surface area (Å²) in [6.45, 7) is 1.95. The number of nitrogens with two attached hydrogens (primary N) is 1. The average Bonchev–Trinajstić information content (AvgIpc) is 3.22. The number of para-hydroxylation sites is 1. The van der Waals surface area contributed by atoms with Crippen molar-refractivity contribution in [2.45, 2.75) is 13.0 Å². The van der Waals surface area contributed by atoms with Gasteiger partial charge in [0.05, 0.1) is 18.6 Å². The van der Waals surface area contributed by atoms with Crippen LogP contribution < -0.4 is 5.73 Å². The molecule has 0 saturated carbocycles. The SMILES string of the molecule is CC(c1cn(-c2ccccc2F)nn1)n1c[c-]c2c(N)ncnc21.[W]. The summed E-state index contributed by atoms with van der Waals surface area (Å²) in [6.07, 6.45) is 4.85. The van der Waals surface area contributed by atoms with Gasteiger partial charge in [-0.25, -0.2) is 9.07 Å². The Morgan fingerprint density at radius 1 is 1.24 bits per heavy atom. The van der Waals surface area contributed by atoms with Gasteiger partial charge >= 0.3 is 0 Å². The van der Waals surface area contributed by atoms with E-state index in [-0.39, 0.29) is 32.9 Å². The molecule has 1 atom stereocenters. The molecule has 3 heterocycles. The van der Waals surface area contributed by atoms with E-state index in [1.54, 1.807) is 30.6 Å². The molecule has 7 nitrogen and oxygen atoms in total. The summed E-state index contributed by atoms with van der Waals surface area (Å²) in [5, 5.41) is 8.84. The van der Waals surface area contributed by atoms with Gasteiger partial charge < -0.3 is 10.3 Å². The van der Waals surface area contributed by atoms with Crippen LogP contribution in [0, 0.1) is 11.9 Å². The third-order valence-corrected chi connectivity index (χ3v) is 3.90. The largest absolute Gasteiger partial charge is 0.434 e. The maximum atomic E-state index is 13.9. The Balaban J connectivity index is 0.00000182. The van der Waals surface area contributed by atoms with Crippen LogP contribution in [0.5, 0.6) is 0 Å². The summed E-state index contributed by atoms with van der Waals surface area (Å²) in [5.41, 5.74) is 7.51. The number of nitrogens with zero attached hydrogens (tertiary/aromatic N) is 6. The fraction of sp³-hybridized carbons (Fsp3) is 0.125. The summed E-state index contributed by atoms with van der Waals surface area (Å²) >= 11 is 0. The number of fused-ring (bicyclic) bond motifs is 1. The number of nitrogen functional groups attached to an aromatic ring is 1. The van der Waals surface area contributed by atoms with Gasteiger partial charge in [0.2, 0.25) is 0 Å². The number of hydrogen-bond donors (Lipinski definition) is 1. The fourth-order valence-corrected chi connectivity index (χ4v) is 2.58. The molecule has 3 aromatic heterocycles. The predicted molar refractivity (Wildman–Crippen MR) is 85.9 cm³/mol. The monoisotopic (exact) mass is 506 g/mol. The smallest absolute Gasteiger partial charge is 0.148 e. The fourth-order valence-electron chi connectivity index (χ4n) is 2.58. The molecule has 25 heavy (non-hydrogen) atoms. The van der Waals surface area contributed by atoms with Crippen LogP contribution >= 0.6 is 0 Å². The maximum Gasteiger partial charge on any atom is 0.148 e. The zero-order valence-corrected chi connectivity index (χ0v) is 16.1. The molecular formula is C16H13FN7W-. The molecule has 0 saturated heterocycles. The van der Waals surface area contributed by atoms with Crippen molar-refractivity contribution in [3.63, 3.8) is 0 Å². The summed E-state index contributed by atoms with van der Waals surface area (Å²) in [4.78, 5) is 8.21. The van der Waals surface area contributed by atoms with E-state index in [2.05, 4.69) is 26.3 Å². The molecule has 4 aromatic rings. The van der Waals surface area contributed by atoms with Gasteiger partial charge in [0.25, 0.3) is 0 Å². The Labute approximate surface area is 157 Å². The van der Waals surface area contributed by atoms with Crippen molar-refractivity contribution in [2.24, 2.45) is 0 Å². The van der Waals surface area contributed by atoms with Crippen LogP contribution in [0.2, 0.25) is 0 Å². The molecule has 0 fully saturated rings. The normalized spacial score (nSPS) is 12.1. The second-order valence-corrected chi connectivity index (χ2v) is 5.35. The molecule has 1 unspecified atom stereocenters. The average molecular weight is 506 g/mol. The first-order valence-corrected chi connectivity index (χ1v) is 7.31. The van der Waals surface area contributed by atoms with Gasteiger partial charge in [-0.2, -0.15) is 6.07 Å². The van der Waals surface area contributed by atoms with Gasteiger partial charge in [0.1, 0.15) is 17.2 Å². The van der Waals surface area contributed by atoms with Crippen LogP contribution in [0.4, 0.5) is 10.2 Å². The van der Waals surface area contributed by atoms with Gasteiger partial charge in [-0.05, 0) is 19.1 Å². The van der Waals surface area contributed by atoms with Gasteiger partial charge in [0, 0.05) is 32.5 Å². The molecule has 0 aliphatic heterocycles. The minimum atomic E-state index is -0.359. The predicted octanol–water partition coefficient (Wildman–Crippen LogP) is 2.14. The Morgan fingerprint density at radius 3 is 2.84 bits per heavy atom. The van der Waals surface area contributed by atoms with Gasteiger partial charge in [0.15, 0.2) is 0 Å². The summed E-state index contributed by atoms with van der Waals surface area (Å²) in [7, 11) is 0. The van der Waals surface area contributed by atoms with E-state index in [1.807, 2.05) is 11.5 Å². The van der Waals surface area contributed by atoms with E-state index in [0.29, 0.717) is 28.2 Å². The quantitative estimate of drug-likeness (QED) is 0.431. The van der Waals surface area contributed by atoms with Crippen molar-refractivity contribution in [2.75, 3.05) is 5.73 Å². The van der Waals surface area contributed by atoms with Crippen molar-refractivity contribution in [1.29, 1.82) is 0 Å². The molecule has 126 valence electrons. The molecule has 0 aliphatic rings. The number of hydrogen-bond acceptors (Lipinski definition) is 5. The number of aromatic nitrogens is 6. The first-order valence-electron chi connectivity index (χ1n) is 7.31. The summed E-state index contributed by atoms with van der Waals surface area (Å²) in [6, 6.07) is 9.28. The molecule has 0 spiro atoms. The summed E-state index contributed by atoms with van der Waals surface area (Å²) in [5.74, 6) is 0.0165. The number of halogens is 1. The Bertz CT molecular complexity index is 1030. The minimum Gasteiger partial charge on any atom is -0.434 e. The van der Waals surface area contributed by atoms with E-state index >= 15 is 0 Å². The molecule has 2 N–H and O–H groups in total. The second kappa shape index (κ2) is 6.72. The third-order valence-electron chi connectivity index (χ3n) is 3.90. The van der Waals surface area contributed by atoms with Crippen LogP contribution in [0.1, 0.15) is 18.7 Å². The molecular weight excluding hydrogens is 493 g/mol. The zero-order chi connectivity index (χ0) is 16.7. The molecule has 9 heteroatoms. The van der Waals surface area contributed by atoms with E-state index in [4.69, 9.17) is 5.73 Å². The van der Waals surface area contributed by atoms with Crippen molar-refractivity contribution in [3.05, 3.63) is 60.6 Å². The van der Waals surface area contributed by atoms with E-state index < -0.39 is 0 Å². The molecule has 0 aliphatic carbocycles. The van der Waals surface area contributed by atoms with Crippen molar-refractivity contribution < 1.29 is 25.5 Å². The van der Waals surface area contributed by atoms with Crippen LogP contribution in [0.15, 0.2) is 43.0 Å². The molecule has 1 aromatic carbocycles. The van der Waals surface area contributed by atoms with Crippen LogP contribution in [0.25, 0.3) is 16.7 Å². The minimum absolute atomic E-state index is 0. The van der Waals surface area contributed by atoms with Crippen molar-refractivity contribution in [3.8, 4) is 5.69 Å². The topological polar surface area (TPSA) is 87.4 Å². The van der Waals surface area contributed by atoms with E-state index in [1.165, 1.54) is 17.1 Å². The molecule has 0 amide bonds. The zero-order valence-electron chi connectivity index (χ0n) is 13.2. The van der Waals surface area contributed by atoms with Crippen LogP contribution in [0.3, 0.4) is 0 Å². The first kappa shape index (κ1) is 17.2. The van der Waals surface area contributed by atoms with Crippen LogP contribution in [-0.2, 0) is 21.1 Å². The first-order chi connectivity index (χ1) is 11.6. The standard InChI is InChI=1S/C16H13FN7.W/c1-10(23-7-6-11-15(18)19-9-20-16(11)23)13-8-24(22-21-13)14-5-3-2-4-12(14)17;/h2-5,7-10H,1H3,(H2,18,19,20);/q-1;. The summed E-state index contributed by atoms with van der Waals surface area (Å²) < 4.78 is 17.2. The molecule has 4 rings (SSSR count). The number of anilines is 1. The van der Waals surface area contributed by atoms with E-state index in [0.717, 1.165) is 0 Å². The number of benzene rings is 1. The second-order valence-electron chi connectivity index (χ2n) is 5.35.